The number of nitriles is 1. The second kappa shape index (κ2) is 7.31. The summed E-state index contributed by atoms with van der Waals surface area (Å²) in [5, 5.41) is 12.6. The number of hydrogen-bond acceptors (Lipinski definition) is 3. The topological polar surface area (TPSA) is 35.8 Å². The van der Waals surface area contributed by atoms with Gasteiger partial charge < -0.3 is 5.32 Å². The summed E-state index contributed by atoms with van der Waals surface area (Å²) >= 11 is 1.75. The molecule has 0 radical (unpaired) electrons. The zero-order valence-electron chi connectivity index (χ0n) is 12.6. The third-order valence-electron chi connectivity index (χ3n) is 3.63. The molecule has 2 atom stereocenters. The molecular weight excluding hydrogens is 276 g/mol. The third-order valence-corrected chi connectivity index (χ3v) is 4.38. The highest BCUT2D eigenvalue weighted by Crippen LogP contribution is 2.22. The van der Waals surface area contributed by atoms with Crippen LogP contribution in [-0.4, -0.2) is 6.26 Å². The normalized spacial score (nSPS) is 13.4. The molecule has 2 nitrogen and oxygen atoms in total. The van der Waals surface area contributed by atoms with Crippen molar-refractivity contribution >= 4 is 11.8 Å². The van der Waals surface area contributed by atoms with E-state index in [4.69, 9.17) is 5.26 Å². The monoisotopic (exact) mass is 296 g/mol. The van der Waals surface area contributed by atoms with Crippen molar-refractivity contribution in [2.24, 2.45) is 0 Å². The van der Waals surface area contributed by atoms with Crippen LogP contribution in [-0.2, 0) is 0 Å². The summed E-state index contributed by atoms with van der Waals surface area (Å²) in [4.78, 5) is 1.28. The third kappa shape index (κ3) is 4.10. The van der Waals surface area contributed by atoms with Gasteiger partial charge in [0.05, 0.1) is 11.6 Å². The maximum atomic E-state index is 8.98. The molecule has 2 rings (SSSR count). The van der Waals surface area contributed by atoms with E-state index < -0.39 is 0 Å². The highest BCUT2D eigenvalue weighted by atomic mass is 32.2. The van der Waals surface area contributed by atoms with Crippen molar-refractivity contribution in [3.63, 3.8) is 0 Å². The van der Waals surface area contributed by atoms with Crippen LogP contribution in [0.1, 0.15) is 42.6 Å². The maximum absolute atomic E-state index is 8.98. The molecule has 108 valence electrons. The van der Waals surface area contributed by atoms with Crippen LogP contribution >= 0.6 is 11.8 Å². The molecule has 2 aromatic carbocycles. The van der Waals surface area contributed by atoms with Crippen LogP contribution in [0.3, 0.4) is 0 Å². The van der Waals surface area contributed by atoms with E-state index in [1.807, 2.05) is 18.2 Å². The Balaban J connectivity index is 2.07. The molecule has 0 aliphatic rings. The lowest BCUT2D eigenvalue weighted by Crippen LogP contribution is -2.22. The fourth-order valence-electron chi connectivity index (χ4n) is 2.34. The van der Waals surface area contributed by atoms with E-state index in [0.29, 0.717) is 5.56 Å². The van der Waals surface area contributed by atoms with Crippen molar-refractivity contribution < 1.29 is 0 Å². The molecular formula is C18H20N2S. The van der Waals surface area contributed by atoms with Gasteiger partial charge in [0.1, 0.15) is 0 Å². The first-order chi connectivity index (χ1) is 10.1. The van der Waals surface area contributed by atoms with E-state index in [0.717, 1.165) is 5.56 Å². The van der Waals surface area contributed by atoms with Crippen LogP contribution in [0.15, 0.2) is 53.4 Å². The first kappa shape index (κ1) is 15.6. The predicted octanol–water partition coefficient (Wildman–Crippen LogP) is 4.69. The van der Waals surface area contributed by atoms with Crippen molar-refractivity contribution in [2.45, 2.75) is 30.8 Å². The highest BCUT2D eigenvalue weighted by molar-refractivity contribution is 7.98. The number of hydrogen-bond donors (Lipinski definition) is 1. The molecule has 0 saturated carbocycles. The van der Waals surface area contributed by atoms with Gasteiger partial charge in [-0.1, -0.05) is 24.3 Å². The van der Waals surface area contributed by atoms with Gasteiger partial charge in [-0.05, 0) is 55.5 Å². The van der Waals surface area contributed by atoms with Gasteiger partial charge in [-0.25, -0.2) is 0 Å². The smallest absolute Gasteiger partial charge is 0.0991 e. The van der Waals surface area contributed by atoms with Gasteiger partial charge in [0.15, 0.2) is 0 Å². The standard InChI is InChI=1S/C18H20N2S/c1-13(16-7-9-18(21-3)10-8-16)20-14(2)17-6-4-5-15(11-17)12-19/h4-11,13-14,20H,1-3H3. The summed E-state index contributed by atoms with van der Waals surface area (Å²) in [6.45, 7) is 4.29. The van der Waals surface area contributed by atoms with Crippen molar-refractivity contribution in [1.29, 1.82) is 5.26 Å². The second-order valence-electron chi connectivity index (χ2n) is 5.12. The van der Waals surface area contributed by atoms with Crippen LogP contribution in [0, 0.1) is 11.3 Å². The van der Waals surface area contributed by atoms with Crippen LogP contribution in [0.25, 0.3) is 0 Å². The molecule has 0 fully saturated rings. The minimum absolute atomic E-state index is 0.202. The van der Waals surface area contributed by atoms with E-state index in [1.54, 1.807) is 11.8 Å². The average Bonchev–Trinajstić information content (AvgIpc) is 2.54. The quantitative estimate of drug-likeness (QED) is 0.813. The largest absolute Gasteiger partial charge is 0.304 e. The van der Waals surface area contributed by atoms with Gasteiger partial charge in [-0.2, -0.15) is 5.26 Å². The van der Waals surface area contributed by atoms with E-state index in [-0.39, 0.29) is 12.1 Å². The van der Waals surface area contributed by atoms with Gasteiger partial charge in [-0.3, -0.25) is 0 Å². The minimum Gasteiger partial charge on any atom is -0.304 e. The number of nitrogens with zero attached hydrogens (tertiary/aromatic N) is 1. The Hall–Kier alpha value is -1.76. The van der Waals surface area contributed by atoms with Gasteiger partial charge in [-0.15, -0.1) is 11.8 Å². The van der Waals surface area contributed by atoms with Crippen molar-refractivity contribution in [3.8, 4) is 6.07 Å². The fraction of sp³-hybridized carbons (Fsp3) is 0.278. The number of rotatable bonds is 5. The zero-order chi connectivity index (χ0) is 15.2. The summed E-state index contributed by atoms with van der Waals surface area (Å²) in [5.74, 6) is 0. The van der Waals surface area contributed by atoms with Crippen LogP contribution in [0.4, 0.5) is 0 Å². The Bertz CT molecular complexity index is 628. The first-order valence-electron chi connectivity index (χ1n) is 7.04. The number of benzene rings is 2. The van der Waals surface area contributed by atoms with Crippen LogP contribution in [0.2, 0.25) is 0 Å². The summed E-state index contributed by atoms with van der Waals surface area (Å²) < 4.78 is 0. The minimum atomic E-state index is 0.202. The molecule has 0 spiro atoms. The Morgan fingerprint density at radius 1 is 1.00 bits per heavy atom. The molecule has 0 aliphatic carbocycles. The van der Waals surface area contributed by atoms with Crippen molar-refractivity contribution in [2.75, 3.05) is 6.26 Å². The molecule has 0 aromatic heterocycles. The second-order valence-corrected chi connectivity index (χ2v) is 6.00. The molecule has 2 unspecified atom stereocenters. The summed E-state index contributed by atoms with van der Waals surface area (Å²) in [7, 11) is 0. The highest BCUT2D eigenvalue weighted by Gasteiger charge is 2.11. The van der Waals surface area contributed by atoms with Crippen LogP contribution < -0.4 is 5.32 Å². The fourth-order valence-corrected chi connectivity index (χ4v) is 2.75. The van der Waals surface area contributed by atoms with Crippen LogP contribution in [0.5, 0.6) is 0 Å². The Labute approximate surface area is 131 Å². The predicted molar refractivity (Wildman–Crippen MR) is 89.3 cm³/mol. The molecule has 0 bridgehead atoms. The zero-order valence-corrected chi connectivity index (χ0v) is 13.4. The van der Waals surface area contributed by atoms with E-state index in [2.05, 4.69) is 61.8 Å². The molecule has 0 saturated heterocycles. The summed E-state index contributed by atoms with van der Waals surface area (Å²) in [6.07, 6.45) is 2.08. The molecule has 1 N–H and O–H groups in total. The Morgan fingerprint density at radius 2 is 1.67 bits per heavy atom. The molecule has 3 heteroatoms. The van der Waals surface area contributed by atoms with Gasteiger partial charge in [0.25, 0.3) is 0 Å². The molecule has 2 aromatic rings. The van der Waals surface area contributed by atoms with E-state index in [1.165, 1.54) is 10.5 Å². The maximum Gasteiger partial charge on any atom is 0.0991 e. The average molecular weight is 296 g/mol. The lowest BCUT2D eigenvalue weighted by Gasteiger charge is -2.21. The molecule has 21 heavy (non-hydrogen) atoms. The van der Waals surface area contributed by atoms with Crippen molar-refractivity contribution in [3.05, 3.63) is 65.2 Å². The van der Waals surface area contributed by atoms with E-state index >= 15 is 0 Å². The Kier molecular flexibility index (Phi) is 5.44. The number of nitrogens with one attached hydrogen (secondary N) is 1. The van der Waals surface area contributed by atoms with Gasteiger partial charge in [0, 0.05) is 17.0 Å². The van der Waals surface area contributed by atoms with Gasteiger partial charge in [0.2, 0.25) is 0 Å². The first-order valence-corrected chi connectivity index (χ1v) is 8.26. The summed E-state index contributed by atoms with van der Waals surface area (Å²) in [6, 6.07) is 19.1. The molecule has 0 aliphatic heterocycles. The van der Waals surface area contributed by atoms with Crippen molar-refractivity contribution in [1.82, 2.24) is 5.32 Å². The summed E-state index contributed by atoms with van der Waals surface area (Å²) in [5.41, 5.74) is 3.12. The lowest BCUT2D eigenvalue weighted by molar-refractivity contribution is 0.494. The Morgan fingerprint density at radius 3 is 2.29 bits per heavy atom. The number of thioether (sulfide) groups is 1. The molecule has 0 heterocycles. The van der Waals surface area contributed by atoms with E-state index in [9.17, 15) is 0 Å². The SMILES string of the molecule is CSc1ccc(C(C)NC(C)c2cccc(C#N)c2)cc1. The lowest BCUT2D eigenvalue weighted by atomic mass is 10.0. The molecule has 0 amide bonds. The van der Waals surface area contributed by atoms with Gasteiger partial charge >= 0.3 is 0 Å².